The van der Waals surface area contributed by atoms with Crippen molar-refractivity contribution < 1.29 is 19.4 Å². The number of amides is 1. The van der Waals surface area contributed by atoms with Crippen LogP contribution < -0.4 is 4.74 Å². The van der Waals surface area contributed by atoms with E-state index in [1.807, 2.05) is 45.0 Å². The number of rotatable bonds is 4. The molecule has 1 atom stereocenters. The Balaban J connectivity index is 1.89. The van der Waals surface area contributed by atoms with Crippen LogP contribution in [0.15, 0.2) is 24.3 Å². The van der Waals surface area contributed by atoms with Gasteiger partial charge in [0, 0.05) is 32.7 Å². The molecule has 25 heavy (non-hydrogen) atoms. The Kier molecular flexibility index (Phi) is 6.67. The fourth-order valence-corrected chi connectivity index (χ4v) is 2.86. The predicted molar refractivity (Wildman–Crippen MR) is 96.8 cm³/mol. The van der Waals surface area contributed by atoms with E-state index in [2.05, 4.69) is 4.90 Å². The van der Waals surface area contributed by atoms with Gasteiger partial charge in [-0.1, -0.05) is 12.1 Å². The van der Waals surface area contributed by atoms with Gasteiger partial charge in [0.1, 0.15) is 11.4 Å². The van der Waals surface area contributed by atoms with Gasteiger partial charge in [-0.25, -0.2) is 4.79 Å². The van der Waals surface area contributed by atoms with E-state index in [1.165, 1.54) is 0 Å². The number of hydrogen-bond donors (Lipinski definition) is 1. The van der Waals surface area contributed by atoms with Crippen LogP contribution in [0.4, 0.5) is 4.79 Å². The maximum Gasteiger partial charge on any atom is 0.410 e. The van der Waals surface area contributed by atoms with E-state index >= 15 is 0 Å². The molecule has 0 radical (unpaired) electrons. The Labute approximate surface area is 150 Å². The van der Waals surface area contributed by atoms with Crippen LogP contribution in [-0.2, 0) is 4.74 Å². The van der Waals surface area contributed by atoms with Crippen LogP contribution in [0.3, 0.4) is 0 Å². The van der Waals surface area contributed by atoms with Crippen LogP contribution >= 0.6 is 0 Å². The summed E-state index contributed by atoms with van der Waals surface area (Å²) in [5, 5.41) is 10.5. The molecule has 1 N–H and O–H groups in total. The van der Waals surface area contributed by atoms with Crippen LogP contribution in [0, 0.1) is 0 Å². The molecule has 1 aliphatic rings. The quantitative estimate of drug-likeness (QED) is 0.905. The molecular weight excluding hydrogens is 320 g/mol. The predicted octanol–water partition coefficient (Wildman–Crippen LogP) is 2.67. The maximum absolute atomic E-state index is 12.2. The van der Waals surface area contributed by atoms with Crippen molar-refractivity contribution in [3.05, 3.63) is 29.8 Å². The lowest BCUT2D eigenvalue weighted by Crippen LogP contribution is -2.39. The molecule has 1 heterocycles. The number of nitrogens with zero attached hydrogens (tertiary/aromatic N) is 2. The van der Waals surface area contributed by atoms with Gasteiger partial charge in [-0.05, 0) is 44.9 Å². The summed E-state index contributed by atoms with van der Waals surface area (Å²) in [6, 6.07) is 7.50. The third-order valence-corrected chi connectivity index (χ3v) is 4.15. The second-order valence-electron chi connectivity index (χ2n) is 7.41. The summed E-state index contributed by atoms with van der Waals surface area (Å²) in [6.45, 7) is 9.02. The van der Waals surface area contributed by atoms with Gasteiger partial charge in [-0.3, -0.25) is 4.90 Å². The highest BCUT2D eigenvalue weighted by molar-refractivity contribution is 5.68. The molecule has 1 amide bonds. The van der Waals surface area contributed by atoms with Crippen molar-refractivity contribution in [3.8, 4) is 5.75 Å². The summed E-state index contributed by atoms with van der Waals surface area (Å²) in [5.41, 5.74) is 0.360. The second-order valence-corrected chi connectivity index (χ2v) is 7.41. The molecule has 0 aromatic heterocycles. The number of methoxy groups -OCH3 is 1. The summed E-state index contributed by atoms with van der Waals surface area (Å²) >= 11 is 0. The first-order chi connectivity index (χ1) is 11.8. The molecule has 0 bridgehead atoms. The summed E-state index contributed by atoms with van der Waals surface area (Å²) < 4.78 is 10.7. The van der Waals surface area contributed by atoms with Crippen molar-refractivity contribution in [1.82, 2.24) is 9.80 Å². The van der Waals surface area contributed by atoms with Gasteiger partial charge >= 0.3 is 6.09 Å². The lowest BCUT2D eigenvalue weighted by atomic mass is 10.1. The van der Waals surface area contributed by atoms with Gasteiger partial charge in [-0.15, -0.1) is 0 Å². The summed E-state index contributed by atoms with van der Waals surface area (Å²) in [5.74, 6) is 0.739. The van der Waals surface area contributed by atoms with E-state index in [0.29, 0.717) is 19.6 Å². The molecular formula is C19H30N2O4. The Morgan fingerprint density at radius 1 is 1.24 bits per heavy atom. The lowest BCUT2D eigenvalue weighted by molar-refractivity contribution is 0.0255. The molecule has 1 aromatic carbocycles. The first-order valence-electron chi connectivity index (χ1n) is 8.81. The number of carbonyl (C=O) groups is 1. The molecule has 1 aliphatic heterocycles. The zero-order valence-electron chi connectivity index (χ0n) is 15.7. The van der Waals surface area contributed by atoms with Crippen LogP contribution in [0.1, 0.15) is 38.9 Å². The van der Waals surface area contributed by atoms with Gasteiger partial charge in [0.15, 0.2) is 0 Å². The van der Waals surface area contributed by atoms with E-state index in [4.69, 9.17) is 9.47 Å². The van der Waals surface area contributed by atoms with Gasteiger partial charge in [-0.2, -0.15) is 0 Å². The van der Waals surface area contributed by atoms with E-state index in [1.54, 1.807) is 12.0 Å². The Bertz CT molecular complexity index is 571. The minimum atomic E-state index is -0.580. The highest BCUT2D eigenvalue weighted by Crippen LogP contribution is 2.20. The van der Waals surface area contributed by atoms with E-state index in [0.717, 1.165) is 30.8 Å². The summed E-state index contributed by atoms with van der Waals surface area (Å²) in [4.78, 5) is 16.2. The monoisotopic (exact) mass is 350 g/mol. The number of carbonyl (C=O) groups excluding carboxylic acids is 1. The van der Waals surface area contributed by atoms with Gasteiger partial charge < -0.3 is 19.5 Å². The minimum Gasteiger partial charge on any atom is -0.497 e. The Morgan fingerprint density at radius 2 is 2.00 bits per heavy atom. The number of hydrogen-bond acceptors (Lipinski definition) is 5. The van der Waals surface area contributed by atoms with Crippen LogP contribution in [-0.4, -0.2) is 66.4 Å². The zero-order chi connectivity index (χ0) is 18.4. The summed E-state index contributed by atoms with van der Waals surface area (Å²) in [7, 11) is 1.62. The summed E-state index contributed by atoms with van der Waals surface area (Å²) in [6.07, 6.45) is 0.0234. The highest BCUT2D eigenvalue weighted by Gasteiger charge is 2.25. The van der Waals surface area contributed by atoms with E-state index in [-0.39, 0.29) is 6.09 Å². The van der Waals surface area contributed by atoms with Crippen molar-refractivity contribution in [2.24, 2.45) is 0 Å². The average Bonchev–Trinajstić information content (AvgIpc) is 2.79. The fourth-order valence-electron chi connectivity index (χ4n) is 2.86. The molecule has 6 nitrogen and oxygen atoms in total. The highest BCUT2D eigenvalue weighted by atomic mass is 16.6. The van der Waals surface area contributed by atoms with Crippen LogP contribution in [0.5, 0.6) is 5.75 Å². The number of aliphatic hydroxyl groups is 1. The van der Waals surface area contributed by atoms with Crippen molar-refractivity contribution in [2.75, 3.05) is 39.8 Å². The van der Waals surface area contributed by atoms with Crippen molar-refractivity contribution in [3.63, 3.8) is 0 Å². The first-order valence-corrected chi connectivity index (χ1v) is 8.81. The van der Waals surface area contributed by atoms with Crippen molar-refractivity contribution in [1.29, 1.82) is 0 Å². The number of ether oxygens (including phenoxy) is 2. The second kappa shape index (κ2) is 8.54. The Morgan fingerprint density at radius 3 is 2.68 bits per heavy atom. The molecule has 0 saturated carbocycles. The molecule has 1 unspecified atom stereocenters. The molecule has 0 spiro atoms. The molecule has 1 saturated heterocycles. The van der Waals surface area contributed by atoms with Crippen molar-refractivity contribution >= 4 is 6.09 Å². The first kappa shape index (κ1) is 19.5. The molecule has 1 aromatic rings. The third kappa shape index (κ3) is 6.21. The van der Waals surface area contributed by atoms with Crippen LogP contribution in [0.2, 0.25) is 0 Å². The zero-order valence-corrected chi connectivity index (χ0v) is 15.7. The van der Waals surface area contributed by atoms with Gasteiger partial charge in [0.05, 0.1) is 13.2 Å². The molecule has 2 rings (SSSR count). The molecule has 1 fully saturated rings. The fraction of sp³-hybridized carbons (Fsp3) is 0.632. The maximum atomic E-state index is 12.2. The molecule has 6 heteroatoms. The number of benzene rings is 1. The van der Waals surface area contributed by atoms with Gasteiger partial charge in [0.25, 0.3) is 0 Å². The van der Waals surface area contributed by atoms with E-state index < -0.39 is 11.7 Å². The topological polar surface area (TPSA) is 62.2 Å². The lowest BCUT2D eigenvalue weighted by Gasteiger charge is -2.27. The average molecular weight is 350 g/mol. The SMILES string of the molecule is COc1cccc(C(O)CN2CCCN(C(=O)OC(C)(C)C)CC2)c1. The minimum absolute atomic E-state index is 0.261. The van der Waals surface area contributed by atoms with Crippen LogP contribution in [0.25, 0.3) is 0 Å². The van der Waals surface area contributed by atoms with Gasteiger partial charge in [0.2, 0.25) is 0 Å². The largest absolute Gasteiger partial charge is 0.497 e. The Hall–Kier alpha value is -1.79. The van der Waals surface area contributed by atoms with Crippen molar-refractivity contribution in [2.45, 2.75) is 38.9 Å². The smallest absolute Gasteiger partial charge is 0.410 e. The van der Waals surface area contributed by atoms with E-state index in [9.17, 15) is 9.90 Å². The normalized spacial score (nSPS) is 17.7. The number of aliphatic hydroxyl groups excluding tert-OH is 1. The molecule has 0 aliphatic carbocycles. The number of β-amino-alcohol motifs (C(OH)–C–C–N with tert-alkyl or cyclic N) is 1. The standard InChI is InChI=1S/C19H30N2O4/c1-19(2,3)25-18(23)21-10-6-9-20(11-12-21)14-17(22)15-7-5-8-16(13-15)24-4/h5,7-8,13,17,22H,6,9-12,14H2,1-4H3. The third-order valence-electron chi connectivity index (χ3n) is 4.15. The molecule has 140 valence electrons.